The van der Waals surface area contributed by atoms with Gasteiger partial charge in [-0.2, -0.15) is 0 Å². The molecule has 1 atom stereocenters. The molecule has 2 aliphatic heterocycles. The molecule has 2 aromatic rings. The first-order valence-electron chi connectivity index (χ1n) is 10.6. The second kappa shape index (κ2) is 8.15. The highest BCUT2D eigenvalue weighted by molar-refractivity contribution is 5.95. The number of amides is 2. The molecule has 0 bridgehead atoms. The van der Waals surface area contributed by atoms with Crippen LogP contribution >= 0.6 is 0 Å². The third-order valence-electron chi connectivity index (χ3n) is 6.19. The quantitative estimate of drug-likeness (QED) is 0.825. The van der Waals surface area contributed by atoms with E-state index in [1.54, 1.807) is 4.90 Å². The fourth-order valence-electron chi connectivity index (χ4n) is 4.56. The number of benzene rings is 1. The minimum Gasteiger partial charge on any atom is -0.460 e. The Bertz CT molecular complexity index is 1130. The van der Waals surface area contributed by atoms with Crippen molar-refractivity contribution in [2.45, 2.75) is 25.4 Å². The van der Waals surface area contributed by atoms with Gasteiger partial charge in [0.1, 0.15) is 23.2 Å². The van der Waals surface area contributed by atoms with E-state index in [0.717, 1.165) is 27.9 Å². The van der Waals surface area contributed by atoms with Gasteiger partial charge in [-0.3, -0.25) is 14.5 Å². The van der Waals surface area contributed by atoms with Crippen molar-refractivity contribution >= 4 is 22.8 Å². The van der Waals surface area contributed by atoms with Gasteiger partial charge in [0.05, 0.1) is 6.54 Å². The minimum absolute atomic E-state index is 0.0210. The van der Waals surface area contributed by atoms with Gasteiger partial charge < -0.3 is 14.6 Å². The maximum Gasteiger partial charge on any atom is 0.244 e. The van der Waals surface area contributed by atoms with E-state index in [1.807, 2.05) is 36.4 Å². The van der Waals surface area contributed by atoms with Crippen LogP contribution in [0.2, 0.25) is 0 Å². The van der Waals surface area contributed by atoms with Crippen LogP contribution in [0.1, 0.15) is 17.7 Å². The SMILES string of the molecule is O=C1NCC(=O)N2CCN(Cc3c(CC4=CC=C(F)C=CC4)oc4ccccc34)CC12. The van der Waals surface area contributed by atoms with E-state index >= 15 is 0 Å². The van der Waals surface area contributed by atoms with Crippen LogP contribution in [0.15, 0.2) is 64.4 Å². The summed E-state index contributed by atoms with van der Waals surface area (Å²) in [5.41, 5.74) is 2.99. The second-order valence-electron chi connectivity index (χ2n) is 8.22. The first-order chi connectivity index (χ1) is 15.1. The average molecular weight is 421 g/mol. The molecule has 2 saturated heterocycles. The van der Waals surface area contributed by atoms with Gasteiger partial charge in [-0.05, 0) is 24.6 Å². The van der Waals surface area contributed by atoms with Crippen LogP contribution in [-0.2, 0) is 22.6 Å². The number of hydrogen-bond donors (Lipinski definition) is 1. The maximum absolute atomic E-state index is 13.5. The predicted molar refractivity (Wildman–Crippen MR) is 115 cm³/mol. The third-order valence-corrected chi connectivity index (χ3v) is 6.19. The highest BCUT2D eigenvalue weighted by atomic mass is 19.1. The molecule has 1 aliphatic carbocycles. The Morgan fingerprint density at radius 2 is 2.03 bits per heavy atom. The van der Waals surface area contributed by atoms with Crippen LogP contribution in [0.4, 0.5) is 4.39 Å². The van der Waals surface area contributed by atoms with E-state index in [4.69, 9.17) is 4.42 Å². The van der Waals surface area contributed by atoms with E-state index in [1.165, 1.54) is 12.2 Å². The number of rotatable bonds is 4. The zero-order valence-corrected chi connectivity index (χ0v) is 17.1. The normalized spacial score (nSPS) is 22.1. The van der Waals surface area contributed by atoms with Gasteiger partial charge in [0, 0.05) is 43.5 Å². The number of para-hydroxylation sites is 1. The Morgan fingerprint density at radius 1 is 1.16 bits per heavy atom. The largest absolute Gasteiger partial charge is 0.460 e. The zero-order valence-electron chi connectivity index (χ0n) is 17.1. The Labute approximate surface area is 179 Å². The van der Waals surface area contributed by atoms with Gasteiger partial charge in [-0.15, -0.1) is 0 Å². The maximum atomic E-state index is 13.5. The van der Waals surface area contributed by atoms with Crippen LogP contribution in [0, 0.1) is 0 Å². The molecular formula is C24H24FN3O3. The van der Waals surface area contributed by atoms with Gasteiger partial charge in [-0.25, -0.2) is 4.39 Å². The number of fused-ring (bicyclic) bond motifs is 2. The topological polar surface area (TPSA) is 65.8 Å². The molecule has 2 amide bonds. The monoisotopic (exact) mass is 421 g/mol. The summed E-state index contributed by atoms with van der Waals surface area (Å²) in [7, 11) is 0. The molecule has 6 nitrogen and oxygen atoms in total. The summed E-state index contributed by atoms with van der Waals surface area (Å²) in [5, 5.41) is 3.74. The molecule has 0 radical (unpaired) electrons. The molecule has 1 aromatic heterocycles. The van der Waals surface area contributed by atoms with E-state index in [2.05, 4.69) is 10.2 Å². The number of hydrogen-bond acceptors (Lipinski definition) is 4. The smallest absolute Gasteiger partial charge is 0.244 e. The van der Waals surface area contributed by atoms with Gasteiger partial charge in [0.15, 0.2) is 0 Å². The molecule has 3 heterocycles. The summed E-state index contributed by atoms with van der Waals surface area (Å²) >= 11 is 0. The molecule has 31 heavy (non-hydrogen) atoms. The third kappa shape index (κ3) is 3.93. The van der Waals surface area contributed by atoms with Crippen LogP contribution in [0.25, 0.3) is 11.0 Å². The van der Waals surface area contributed by atoms with Gasteiger partial charge in [0.2, 0.25) is 11.8 Å². The summed E-state index contributed by atoms with van der Waals surface area (Å²) in [6, 6.07) is 7.49. The number of halogens is 1. The Morgan fingerprint density at radius 3 is 2.94 bits per heavy atom. The number of piperazine rings is 2. The lowest BCUT2D eigenvalue weighted by Gasteiger charge is -2.42. The molecule has 1 aromatic carbocycles. The van der Waals surface area contributed by atoms with Crippen molar-refractivity contribution in [3.05, 3.63) is 71.3 Å². The molecule has 160 valence electrons. The highest BCUT2D eigenvalue weighted by Gasteiger charge is 2.38. The lowest BCUT2D eigenvalue weighted by atomic mass is 10.0. The van der Waals surface area contributed by atoms with Gasteiger partial charge >= 0.3 is 0 Å². The average Bonchev–Trinajstić information content (AvgIpc) is 2.97. The zero-order chi connectivity index (χ0) is 21.4. The fraction of sp³-hybridized carbons (Fsp3) is 0.333. The lowest BCUT2D eigenvalue weighted by molar-refractivity contribution is -0.149. The highest BCUT2D eigenvalue weighted by Crippen LogP contribution is 2.31. The summed E-state index contributed by atoms with van der Waals surface area (Å²) in [5.74, 6) is 0.499. The Hall–Kier alpha value is -3.19. The number of furan rings is 1. The molecule has 5 rings (SSSR count). The predicted octanol–water partition coefficient (Wildman–Crippen LogP) is 2.86. The van der Waals surface area contributed by atoms with Gasteiger partial charge in [-0.1, -0.05) is 35.9 Å². The number of allylic oxidation sites excluding steroid dienone is 6. The number of carbonyl (C=O) groups is 2. The summed E-state index contributed by atoms with van der Waals surface area (Å²) in [6.07, 6.45) is 7.88. The Balaban J connectivity index is 1.41. The van der Waals surface area contributed by atoms with Gasteiger partial charge in [0.25, 0.3) is 0 Å². The van der Waals surface area contributed by atoms with Crippen molar-refractivity contribution < 1.29 is 18.4 Å². The van der Waals surface area contributed by atoms with Crippen LogP contribution in [-0.4, -0.2) is 53.8 Å². The van der Waals surface area contributed by atoms with Crippen molar-refractivity contribution in [2.75, 3.05) is 26.2 Å². The lowest BCUT2D eigenvalue weighted by Crippen LogP contribution is -2.65. The molecule has 1 unspecified atom stereocenters. The fourth-order valence-corrected chi connectivity index (χ4v) is 4.56. The van der Waals surface area contributed by atoms with E-state index in [0.29, 0.717) is 39.0 Å². The summed E-state index contributed by atoms with van der Waals surface area (Å²) in [4.78, 5) is 28.4. The molecule has 3 aliphatic rings. The van der Waals surface area contributed by atoms with Crippen LogP contribution in [0.5, 0.6) is 0 Å². The molecule has 0 spiro atoms. The molecule has 1 N–H and O–H groups in total. The van der Waals surface area contributed by atoms with E-state index in [9.17, 15) is 14.0 Å². The molecule has 2 fully saturated rings. The standard InChI is InChI=1S/C24H24FN3O3/c25-17-5-3-4-16(8-9-17)12-22-19(18-6-1-2-7-21(18)31-22)14-27-10-11-28-20(15-27)24(30)26-13-23(28)29/h1-3,5-9,20H,4,10-15H2,(H,26,30). The van der Waals surface area contributed by atoms with Crippen molar-refractivity contribution in [1.29, 1.82) is 0 Å². The second-order valence-corrected chi connectivity index (χ2v) is 8.22. The number of nitrogens with one attached hydrogen (secondary N) is 1. The Kier molecular flexibility index (Phi) is 5.19. The van der Waals surface area contributed by atoms with Crippen molar-refractivity contribution in [3.63, 3.8) is 0 Å². The molecular weight excluding hydrogens is 397 g/mol. The first kappa shape index (κ1) is 19.8. The van der Waals surface area contributed by atoms with Crippen molar-refractivity contribution in [2.24, 2.45) is 0 Å². The summed E-state index contributed by atoms with van der Waals surface area (Å²) < 4.78 is 19.8. The van der Waals surface area contributed by atoms with Crippen LogP contribution in [0.3, 0.4) is 0 Å². The summed E-state index contributed by atoms with van der Waals surface area (Å²) in [6.45, 7) is 2.46. The van der Waals surface area contributed by atoms with Crippen molar-refractivity contribution in [3.8, 4) is 0 Å². The van der Waals surface area contributed by atoms with E-state index in [-0.39, 0.29) is 24.2 Å². The number of nitrogens with zero attached hydrogens (tertiary/aromatic N) is 2. The van der Waals surface area contributed by atoms with Crippen LogP contribution < -0.4 is 5.32 Å². The number of carbonyl (C=O) groups excluding carboxylic acids is 2. The minimum atomic E-state index is -0.445. The first-order valence-corrected chi connectivity index (χ1v) is 10.6. The van der Waals surface area contributed by atoms with Crippen molar-refractivity contribution in [1.82, 2.24) is 15.1 Å². The van der Waals surface area contributed by atoms with E-state index < -0.39 is 6.04 Å². The molecule has 0 saturated carbocycles. The molecule has 7 heteroatoms.